The van der Waals surface area contributed by atoms with Gasteiger partial charge in [0.1, 0.15) is 0 Å². The van der Waals surface area contributed by atoms with Crippen molar-refractivity contribution in [2.75, 3.05) is 20.6 Å². The lowest BCUT2D eigenvalue weighted by Crippen LogP contribution is -2.12. The first-order chi connectivity index (χ1) is 2.77. The van der Waals surface area contributed by atoms with Gasteiger partial charge in [-0.1, -0.05) is 0 Å². The molecule has 0 saturated carbocycles. The van der Waals surface area contributed by atoms with Crippen LogP contribution in [0.15, 0.2) is 0 Å². The molecule has 0 saturated heterocycles. The first-order valence-corrected chi connectivity index (χ1v) is 1.88. The molecule has 0 bridgehead atoms. The number of likely N-dealkylation sites (N-methyl/N-ethyl adjacent to an activating group) is 1. The predicted molar refractivity (Wildman–Crippen MR) is 24.8 cm³/mol. The van der Waals surface area contributed by atoms with Crippen LogP contribution in [0, 0.1) is 6.61 Å². The van der Waals surface area contributed by atoms with Crippen molar-refractivity contribution in [2.45, 2.75) is 0 Å². The highest BCUT2D eigenvalue weighted by Crippen LogP contribution is 1.71. The lowest BCUT2D eigenvalue weighted by molar-refractivity contribution is 0.313. The van der Waals surface area contributed by atoms with Crippen LogP contribution in [-0.2, 0) is 0 Å². The number of aliphatic hydroxyl groups is 1. The normalized spacial score (nSPS) is 10.0. The molecule has 0 radical (unpaired) electrons. The van der Waals surface area contributed by atoms with Crippen LogP contribution in [0.1, 0.15) is 0 Å². The van der Waals surface area contributed by atoms with Gasteiger partial charge in [-0.15, -0.1) is 6.54 Å². The molecule has 0 aromatic heterocycles. The van der Waals surface area contributed by atoms with Gasteiger partial charge in [0.15, 0.2) is 0 Å². The summed E-state index contributed by atoms with van der Waals surface area (Å²) in [6.45, 7) is 1.76. The Hall–Kier alpha value is -0.0800. The zero-order valence-electron chi connectivity index (χ0n) is 4.18. The van der Waals surface area contributed by atoms with E-state index in [1.165, 1.54) is 0 Å². The van der Waals surface area contributed by atoms with Crippen LogP contribution in [-0.4, -0.2) is 30.6 Å². The fourth-order valence-corrected chi connectivity index (χ4v) is 0.163. The van der Waals surface area contributed by atoms with Crippen molar-refractivity contribution in [1.29, 1.82) is 0 Å². The number of hydrogen-bond acceptors (Lipinski definition) is 2. The summed E-state index contributed by atoms with van der Waals surface area (Å²) in [7, 11) is 3.79. The Kier molecular flexibility index (Phi) is 3.08. The highest BCUT2D eigenvalue weighted by Gasteiger charge is 1.71. The molecule has 0 spiro atoms. The zero-order chi connectivity index (χ0) is 4.99. The number of aliphatic hydroxyl groups excluding tert-OH is 1. The summed E-state index contributed by atoms with van der Waals surface area (Å²) < 4.78 is 0. The molecule has 0 fully saturated rings. The van der Waals surface area contributed by atoms with E-state index in [-0.39, 0.29) is 0 Å². The Bertz CT molecular complexity index is 28.7. The molecule has 0 aliphatic heterocycles. The third-order valence-corrected chi connectivity index (χ3v) is 0.447. The molecule has 38 valence electrons. The van der Waals surface area contributed by atoms with Gasteiger partial charge in [0, 0.05) is 0 Å². The van der Waals surface area contributed by atoms with Gasteiger partial charge < -0.3 is 10.0 Å². The summed E-state index contributed by atoms with van der Waals surface area (Å²) in [5.74, 6) is 0. The van der Waals surface area contributed by atoms with E-state index in [2.05, 4.69) is 0 Å². The zero-order valence-corrected chi connectivity index (χ0v) is 4.18. The van der Waals surface area contributed by atoms with Crippen LogP contribution in [0.25, 0.3) is 0 Å². The molecule has 0 heterocycles. The smallest absolute Gasteiger partial charge is 0.0165 e. The summed E-state index contributed by atoms with van der Waals surface area (Å²) >= 11 is 0. The van der Waals surface area contributed by atoms with Crippen molar-refractivity contribution in [3.63, 3.8) is 0 Å². The van der Waals surface area contributed by atoms with Crippen LogP contribution in [0.5, 0.6) is 0 Å². The van der Waals surface area contributed by atoms with Crippen LogP contribution in [0.4, 0.5) is 0 Å². The Morgan fingerprint density at radius 2 is 2.17 bits per heavy atom. The molecular formula is C4H10NO-. The molecule has 0 amide bonds. The molecule has 0 unspecified atom stereocenters. The Balaban J connectivity index is 2.63. The van der Waals surface area contributed by atoms with Gasteiger partial charge in [0.2, 0.25) is 0 Å². The quantitative estimate of drug-likeness (QED) is 0.483. The molecule has 0 rings (SSSR count). The Morgan fingerprint density at radius 3 is 2.17 bits per heavy atom. The topological polar surface area (TPSA) is 23.5 Å². The van der Waals surface area contributed by atoms with E-state index in [1.54, 1.807) is 0 Å². The van der Waals surface area contributed by atoms with Gasteiger partial charge >= 0.3 is 0 Å². The molecule has 0 aliphatic carbocycles. The Labute approximate surface area is 38.4 Å². The summed E-state index contributed by atoms with van der Waals surface area (Å²) in [5.41, 5.74) is 0. The minimum atomic E-state index is 0.639. The van der Waals surface area contributed by atoms with Gasteiger partial charge in [-0.2, -0.15) is 0 Å². The van der Waals surface area contributed by atoms with Crippen molar-refractivity contribution in [1.82, 2.24) is 4.90 Å². The third kappa shape index (κ3) is 3.92. The van der Waals surface area contributed by atoms with Crippen molar-refractivity contribution >= 4 is 0 Å². The largest absolute Gasteiger partial charge is 0.565 e. The summed E-state index contributed by atoms with van der Waals surface area (Å²) in [6.07, 6.45) is 0. The lowest BCUT2D eigenvalue weighted by atomic mass is 10.6. The highest BCUT2D eigenvalue weighted by molar-refractivity contribution is 4.48. The average molecular weight is 88.1 g/mol. The second-order valence-corrected chi connectivity index (χ2v) is 1.44. The maximum Gasteiger partial charge on any atom is -0.0165 e. The van der Waals surface area contributed by atoms with Crippen molar-refractivity contribution in [3.8, 4) is 0 Å². The lowest BCUT2D eigenvalue weighted by Gasteiger charge is -2.11. The van der Waals surface area contributed by atoms with Crippen molar-refractivity contribution in [3.05, 3.63) is 6.61 Å². The van der Waals surface area contributed by atoms with E-state index < -0.39 is 0 Å². The van der Waals surface area contributed by atoms with Gasteiger partial charge in [-0.25, -0.2) is 6.61 Å². The molecule has 2 heteroatoms. The minimum absolute atomic E-state index is 0.639. The number of hydrogen-bond donors (Lipinski definition) is 1. The van der Waals surface area contributed by atoms with E-state index >= 15 is 0 Å². The third-order valence-electron chi connectivity index (χ3n) is 0.447. The van der Waals surface area contributed by atoms with Crippen molar-refractivity contribution < 1.29 is 5.11 Å². The maximum atomic E-state index is 8.07. The first-order valence-electron chi connectivity index (χ1n) is 1.88. The highest BCUT2D eigenvalue weighted by atomic mass is 16.3. The number of rotatable bonds is 2. The van der Waals surface area contributed by atoms with Gasteiger partial charge in [-0.05, 0) is 14.1 Å². The Morgan fingerprint density at radius 1 is 1.67 bits per heavy atom. The maximum absolute atomic E-state index is 8.07. The van der Waals surface area contributed by atoms with E-state index in [0.29, 0.717) is 6.54 Å². The average Bonchev–Trinajstić information content (AvgIpc) is 1.35. The number of nitrogens with zero attached hydrogens (tertiary/aromatic N) is 1. The van der Waals surface area contributed by atoms with E-state index in [4.69, 9.17) is 5.11 Å². The van der Waals surface area contributed by atoms with Crippen LogP contribution < -0.4 is 0 Å². The standard InChI is InChI=1S/C4H10NO/c1-5(2)3-4-6/h4,6H,3H2,1-2H3/q-1. The van der Waals surface area contributed by atoms with Crippen LogP contribution >= 0.6 is 0 Å². The summed E-state index contributed by atoms with van der Waals surface area (Å²) in [6, 6.07) is 0. The van der Waals surface area contributed by atoms with E-state index in [9.17, 15) is 0 Å². The SMILES string of the molecule is CN(C)C[CH-]O. The molecule has 2 nitrogen and oxygen atoms in total. The molecule has 0 aromatic rings. The van der Waals surface area contributed by atoms with E-state index in [1.807, 2.05) is 19.0 Å². The fourth-order valence-electron chi connectivity index (χ4n) is 0.163. The summed E-state index contributed by atoms with van der Waals surface area (Å²) in [4.78, 5) is 1.88. The van der Waals surface area contributed by atoms with Crippen LogP contribution in [0.2, 0.25) is 0 Å². The fraction of sp³-hybridized carbons (Fsp3) is 0.750. The van der Waals surface area contributed by atoms with Crippen LogP contribution in [0.3, 0.4) is 0 Å². The van der Waals surface area contributed by atoms with Crippen molar-refractivity contribution in [2.24, 2.45) is 0 Å². The summed E-state index contributed by atoms with van der Waals surface area (Å²) in [5, 5.41) is 8.07. The first kappa shape index (κ1) is 5.92. The van der Waals surface area contributed by atoms with Gasteiger partial charge in [0.05, 0.1) is 0 Å². The van der Waals surface area contributed by atoms with Gasteiger partial charge in [-0.3, -0.25) is 0 Å². The molecule has 1 N–H and O–H groups in total. The second-order valence-electron chi connectivity index (χ2n) is 1.44. The second kappa shape index (κ2) is 3.12. The molecule has 0 aromatic carbocycles. The molecule has 0 aliphatic rings. The van der Waals surface area contributed by atoms with E-state index in [0.717, 1.165) is 6.61 Å². The van der Waals surface area contributed by atoms with Gasteiger partial charge in [0.25, 0.3) is 0 Å². The molecular weight excluding hydrogens is 78.0 g/mol. The predicted octanol–water partition coefficient (Wildman–Crippen LogP) is 0.0823. The minimum Gasteiger partial charge on any atom is -0.565 e. The monoisotopic (exact) mass is 88.1 g/mol. The molecule has 6 heavy (non-hydrogen) atoms. The molecule has 0 atom stereocenters.